The highest BCUT2D eigenvalue weighted by atomic mass is 16.3. The molecule has 0 saturated heterocycles. The van der Waals surface area contributed by atoms with Gasteiger partial charge in [0.25, 0.3) is 5.91 Å². The van der Waals surface area contributed by atoms with Crippen molar-refractivity contribution >= 4 is 16.8 Å². The summed E-state index contributed by atoms with van der Waals surface area (Å²) in [5, 5.41) is 13.8. The number of aliphatic hydroxyl groups excluding tert-OH is 1. The Hall–Kier alpha value is -3.44. The van der Waals surface area contributed by atoms with Gasteiger partial charge in [-0.1, -0.05) is 30.3 Å². The molecule has 2 aromatic heterocycles. The van der Waals surface area contributed by atoms with E-state index in [9.17, 15) is 9.90 Å². The van der Waals surface area contributed by atoms with Crippen LogP contribution in [0.25, 0.3) is 22.0 Å². The number of carbonyl (C=O) groups is 1. The fraction of sp³-hybridized carbons (Fsp3) is 0.130. The third-order valence-electron chi connectivity index (χ3n) is 4.86. The fourth-order valence-electron chi connectivity index (χ4n) is 3.35. The summed E-state index contributed by atoms with van der Waals surface area (Å²) < 4.78 is 0. The number of nitrogens with zero attached hydrogens (tertiary/aromatic N) is 1. The zero-order chi connectivity index (χ0) is 19.3. The predicted molar refractivity (Wildman–Crippen MR) is 110 cm³/mol. The molecular formula is C23H21N3O2. The van der Waals surface area contributed by atoms with Crippen LogP contribution in [-0.4, -0.2) is 33.6 Å². The second kappa shape index (κ2) is 8.06. The number of para-hydroxylation sites is 1. The highest BCUT2D eigenvalue weighted by Crippen LogP contribution is 2.20. The molecule has 0 spiro atoms. The van der Waals surface area contributed by atoms with Crippen LogP contribution in [-0.2, 0) is 6.42 Å². The number of fused-ring (bicyclic) bond motifs is 1. The summed E-state index contributed by atoms with van der Waals surface area (Å²) in [6.45, 7) is -0.125. The Balaban J connectivity index is 1.45. The van der Waals surface area contributed by atoms with Gasteiger partial charge in [0.15, 0.2) is 0 Å². The maximum atomic E-state index is 12.6. The van der Waals surface area contributed by atoms with Crippen LogP contribution in [0.1, 0.15) is 15.9 Å². The van der Waals surface area contributed by atoms with E-state index in [2.05, 4.69) is 15.3 Å². The number of aliphatic hydroxyl groups is 1. The molecule has 140 valence electrons. The van der Waals surface area contributed by atoms with Crippen LogP contribution >= 0.6 is 0 Å². The van der Waals surface area contributed by atoms with E-state index in [4.69, 9.17) is 0 Å². The number of benzene rings is 2. The van der Waals surface area contributed by atoms with Gasteiger partial charge in [0.2, 0.25) is 0 Å². The topological polar surface area (TPSA) is 78.0 Å². The molecule has 1 amide bonds. The lowest BCUT2D eigenvalue weighted by atomic mass is 10.0. The molecule has 5 heteroatoms. The largest absolute Gasteiger partial charge is 0.394 e. The van der Waals surface area contributed by atoms with E-state index in [-0.39, 0.29) is 18.6 Å². The molecule has 0 bridgehead atoms. The van der Waals surface area contributed by atoms with E-state index in [1.165, 1.54) is 0 Å². The number of rotatable bonds is 6. The molecule has 0 fully saturated rings. The van der Waals surface area contributed by atoms with E-state index < -0.39 is 0 Å². The molecular weight excluding hydrogens is 350 g/mol. The van der Waals surface area contributed by atoms with E-state index in [0.717, 1.165) is 27.6 Å². The highest BCUT2D eigenvalue weighted by molar-refractivity contribution is 5.95. The van der Waals surface area contributed by atoms with Crippen LogP contribution in [0.5, 0.6) is 0 Å². The minimum absolute atomic E-state index is 0.125. The van der Waals surface area contributed by atoms with Crippen molar-refractivity contribution in [3.05, 3.63) is 90.4 Å². The van der Waals surface area contributed by atoms with Crippen molar-refractivity contribution in [2.75, 3.05) is 6.61 Å². The molecule has 2 aromatic carbocycles. The van der Waals surface area contributed by atoms with Gasteiger partial charge in [-0.15, -0.1) is 0 Å². The monoisotopic (exact) mass is 371 g/mol. The molecule has 5 nitrogen and oxygen atoms in total. The molecule has 0 radical (unpaired) electrons. The summed E-state index contributed by atoms with van der Waals surface area (Å²) in [6.07, 6.45) is 5.98. The third-order valence-corrected chi connectivity index (χ3v) is 4.86. The summed E-state index contributed by atoms with van der Waals surface area (Å²) >= 11 is 0. The lowest BCUT2D eigenvalue weighted by Crippen LogP contribution is -2.39. The molecule has 4 rings (SSSR count). The zero-order valence-corrected chi connectivity index (χ0v) is 15.3. The molecule has 3 N–H and O–H groups in total. The standard InChI is InChI=1S/C23H21N3O2/c27-15-20(13-19-14-25-22-4-2-1-3-21(19)22)26-23(28)18-7-5-16(6-8-18)17-9-11-24-12-10-17/h1-12,14,20,25,27H,13,15H2,(H,26,28)/t20-/m1/s1. The average molecular weight is 371 g/mol. The molecule has 1 atom stereocenters. The van der Waals surface area contributed by atoms with E-state index in [1.807, 2.05) is 54.7 Å². The van der Waals surface area contributed by atoms with Crippen LogP contribution in [0.3, 0.4) is 0 Å². The van der Waals surface area contributed by atoms with Crippen molar-refractivity contribution in [1.82, 2.24) is 15.3 Å². The third kappa shape index (κ3) is 3.80. The lowest BCUT2D eigenvalue weighted by Gasteiger charge is -2.16. The van der Waals surface area contributed by atoms with Gasteiger partial charge in [-0.3, -0.25) is 9.78 Å². The number of aromatic nitrogens is 2. The molecule has 0 aliphatic rings. The number of carbonyl (C=O) groups excluding carboxylic acids is 1. The smallest absolute Gasteiger partial charge is 0.251 e. The van der Waals surface area contributed by atoms with Crippen molar-refractivity contribution in [3.63, 3.8) is 0 Å². The van der Waals surface area contributed by atoms with Gasteiger partial charge in [0.1, 0.15) is 0 Å². The van der Waals surface area contributed by atoms with Crippen LogP contribution in [0.15, 0.2) is 79.3 Å². The first-order valence-electron chi connectivity index (χ1n) is 9.22. The Morgan fingerprint density at radius 1 is 1.00 bits per heavy atom. The number of hydrogen-bond donors (Lipinski definition) is 3. The van der Waals surface area contributed by atoms with Gasteiger partial charge in [-0.25, -0.2) is 0 Å². The van der Waals surface area contributed by atoms with Gasteiger partial charge < -0.3 is 15.4 Å². The Morgan fingerprint density at radius 2 is 1.71 bits per heavy atom. The Morgan fingerprint density at radius 3 is 2.46 bits per heavy atom. The van der Waals surface area contributed by atoms with Crippen molar-refractivity contribution in [2.45, 2.75) is 12.5 Å². The second-order valence-electron chi connectivity index (χ2n) is 6.73. The van der Waals surface area contributed by atoms with Gasteiger partial charge >= 0.3 is 0 Å². The molecule has 0 aliphatic carbocycles. The normalized spacial score (nSPS) is 12.0. The minimum Gasteiger partial charge on any atom is -0.394 e. The zero-order valence-electron chi connectivity index (χ0n) is 15.3. The lowest BCUT2D eigenvalue weighted by molar-refractivity contribution is 0.0916. The molecule has 2 heterocycles. The van der Waals surface area contributed by atoms with Crippen LogP contribution in [0.4, 0.5) is 0 Å². The first-order chi connectivity index (χ1) is 13.7. The number of aromatic amines is 1. The SMILES string of the molecule is O=C(N[C@@H](CO)Cc1c[nH]c2ccccc12)c1ccc(-c2ccncc2)cc1. The Labute approximate surface area is 163 Å². The quantitative estimate of drug-likeness (QED) is 0.485. The molecule has 28 heavy (non-hydrogen) atoms. The summed E-state index contributed by atoms with van der Waals surface area (Å²) in [5.41, 5.74) is 4.76. The van der Waals surface area contributed by atoms with Crippen LogP contribution in [0.2, 0.25) is 0 Å². The maximum absolute atomic E-state index is 12.6. The van der Waals surface area contributed by atoms with Crippen LogP contribution < -0.4 is 5.32 Å². The summed E-state index contributed by atoms with van der Waals surface area (Å²) in [6, 6.07) is 18.9. The minimum atomic E-state index is -0.355. The van der Waals surface area contributed by atoms with Crippen LogP contribution in [0, 0.1) is 0 Å². The number of hydrogen-bond acceptors (Lipinski definition) is 3. The maximum Gasteiger partial charge on any atom is 0.251 e. The number of H-pyrrole nitrogens is 1. The van der Waals surface area contributed by atoms with Crippen molar-refractivity contribution in [2.24, 2.45) is 0 Å². The van der Waals surface area contributed by atoms with Gasteiger partial charge in [-0.2, -0.15) is 0 Å². The Kier molecular flexibility index (Phi) is 5.17. The second-order valence-corrected chi connectivity index (χ2v) is 6.73. The van der Waals surface area contributed by atoms with Gasteiger partial charge in [-0.05, 0) is 53.4 Å². The number of amides is 1. The number of pyridine rings is 1. The van der Waals surface area contributed by atoms with E-state index in [0.29, 0.717) is 12.0 Å². The molecule has 4 aromatic rings. The fourth-order valence-corrected chi connectivity index (χ4v) is 3.35. The summed E-state index contributed by atoms with van der Waals surface area (Å²) in [4.78, 5) is 19.9. The first-order valence-corrected chi connectivity index (χ1v) is 9.22. The molecule has 0 aliphatic heterocycles. The van der Waals surface area contributed by atoms with E-state index >= 15 is 0 Å². The summed E-state index contributed by atoms with van der Waals surface area (Å²) in [5.74, 6) is -0.194. The molecule has 0 unspecified atom stereocenters. The Bertz CT molecular complexity index is 1070. The summed E-state index contributed by atoms with van der Waals surface area (Å²) in [7, 11) is 0. The average Bonchev–Trinajstić information content (AvgIpc) is 3.17. The predicted octanol–water partition coefficient (Wildman–Crippen LogP) is 3.56. The van der Waals surface area contributed by atoms with Crippen molar-refractivity contribution in [3.8, 4) is 11.1 Å². The van der Waals surface area contributed by atoms with Gasteiger partial charge in [0, 0.05) is 35.1 Å². The molecule has 0 saturated carbocycles. The number of nitrogens with one attached hydrogen (secondary N) is 2. The van der Waals surface area contributed by atoms with Crippen molar-refractivity contribution in [1.29, 1.82) is 0 Å². The highest BCUT2D eigenvalue weighted by Gasteiger charge is 2.15. The first kappa shape index (κ1) is 17.9. The van der Waals surface area contributed by atoms with Gasteiger partial charge in [0.05, 0.1) is 12.6 Å². The van der Waals surface area contributed by atoms with Crippen molar-refractivity contribution < 1.29 is 9.90 Å². The van der Waals surface area contributed by atoms with E-state index in [1.54, 1.807) is 24.5 Å².